The van der Waals surface area contributed by atoms with Gasteiger partial charge in [-0.05, 0) is 0 Å². The minimum atomic E-state index is -0.117. The van der Waals surface area contributed by atoms with Crippen molar-refractivity contribution in [1.29, 1.82) is 0 Å². The maximum absolute atomic E-state index is 11.5. The molecule has 0 aromatic carbocycles. The molecule has 0 fully saturated rings. The Morgan fingerprint density at radius 1 is 1.56 bits per heavy atom. The number of carbonyl (C=O) groups is 1. The van der Waals surface area contributed by atoms with Gasteiger partial charge in [0.15, 0.2) is 5.13 Å². The van der Waals surface area contributed by atoms with Gasteiger partial charge in [-0.3, -0.25) is 4.79 Å². The number of nitrogens with one attached hydrogen (secondary N) is 1. The smallest absolute Gasteiger partial charge is 0.226 e. The zero-order valence-electron chi connectivity index (χ0n) is 8.34. The summed E-state index contributed by atoms with van der Waals surface area (Å²) in [6, 6.07) is 1.70. The van der Waals surface area contributed by atoms with Gasteiger partial charge in [-0.15, -0.1) is 11.3 Å². The minimum absolute atomic E-state index is 0.117. The van der Waals surface area contributed by atoms with Gasteiger partial charge in [0.1, 0.15) is 12.0 Å². The van der Waals surface area contributed by atoms with E-state index in [1.165, 1.54) is 17.6 Å². The van der Waals surface area contributed by atoms with Gasteiger partial charge in [0, 0.05) is 11.4 Å². The molecule has 7 heteroatoms. The van der Waals surface area contributed by atoms with Crippen molar-refractivity contribution in [3.05, 3.63) is 29.1 Å². The van der Waals surface area contributed by atoms with Crippen molar-refractivity contribution in [1.82, 2.24) is 15.5 Å². The largest absolute Gasteiger partial charge is 0.375 e. The summed E-state index contributed by atoms with van der Waals surface area (Å²) in [5.41, 5.74) is 6.83. The van der Waals surface area contributed by atoms with E-state index in [0.29, 0.717) is 23.1 Å². The van der Waals surface area contributed by atoms with E-state index in [0.717, 1.165) is 0 Å². The number of carbonyl (C=O) groups excluding carboxylic acids is 1. The Balaban J connectivity index is 1.81. The SMILES string of the molecule is Nc1nc(CC(=O)NCc2ccon2)cs1. The number of nitrogens with zero attached hydrogens (tertiary/aromatic N) is 2. The van der Waals surface area contributed by atoms with Gasteiger partial charge in [-0.2, -0.15) is 0 Å². The molecule has 0 aliphatic carbocycles. The molecule has 2 heterocycles. The zero-order valence-corrected chi connectivity index (χ0v) is 9.16. The normalized spacial score (nSPS) is 10.2. The van der Waals surface area contributed by atoms with Crippen molar-refractivity contribution in [2.75, 3.05) is 5.73 Å². The Morgan fingerprint density at radius 2 is 2.44 bits per heavy atom. The standard InChI is InChI=1S/C9H10N4O2S/c10-9-12-7(5-16-9)3-8(14)11-4-6-1-2-15-13-6/h1-2,5H,3-4H2,(H2,10,12)(H,11,14). The first-order valence-electron chi connectivity index (χ1n) is 4.60. The number of hydrogen-bond donors (Lipinski definition) is 2. The van der Waals surface area contributed by atoms with Crippen LogP contribution in [0.3, 0.4) is 0 Å². The number of anilines is 1. The second kappa shape index (κ2) is 4.75. The number of hydrogen-bond acceptors (Lipinski definition) is 6. The summed E-state index contributed by atoms with van der Waals surface area (Å²) in [6.07, 6.45) is 1.69. The van der Waals surface area contributed by atoms with E-state index in [2.05, 4.69) is 20.0 Å². The fourth-order valence-electron chi connectivity index (χ4n) is 1.15. The van der Waals surface area contributed by atoms with E-state index in [1.807, 2.05) is 0 Å². The molecule has 0 aliphatic heterocycles. The minimum Gasteiger partial charge on any atom is -0.375 e. The highest BCUT2D eigenvalue weighted by Gasteiger charge is 2.06. The second-order valence-electron chi connectivity index (χ2n) is 3.12. The Morgan fingerprint density at radius 3 is 3.06 bits per heavy atom. The lowest BCUT2D eigenvalue weighted by Crippen LogP contribution is -2.24. The first kappa shape index (κ1) is 10.6. The van der Waals surface area contributed by atoms with Crippen molar-refractivity contribution in [3.8, 4) is 0 Å². The summed E-state index contributed by atoms with van der Waals surface area (Å²) in [5, 5.41) is 8.62. The Labute approximate surface area is 95.5 Å². The van der Waals surface area contributed by atoms with Gasteiger partial charge < -0.3 is 15.6 Å². The number of nitrogens with two attached hydrogens (primary N) is 1. The average Bonchev–Trinajstić information content (AvgIpc) is 2.87. The summed E-state index contributed by atoms with van der Waals surface area (Å²) in [5.74, 6) is -0.117. The summed E-state index contributed by atoms with van der Waals surface area (Å²) < 4.78 is 4.64. The first-order valence-corrected chi connectivity index (χ1v) is 5.48. The van der Waals surface area contributed by atoms with Gasteiger partial charge >= 0.3 is 0 Å². The molecule has 16 heavy (non-hydrogen) atoms. The first-order chi connectivity index (χ1) is 7.74. The highest BCUT2D eigenvalue weighted by Crippen LogP contribution is 2.11. The van der Waals surface area contributed by atoms with Crippen LogP contribution in [0, 0.1) is 0 Å². The van der Waals surface area contributed by atoms with Gasteiger partial charge in [0.2, 0.25) is 5.91 Å². The van der Waals surface area contributed by atoms with Gasteiger partial charge in [0.05, 0.1) is 18.7 Å². The monoisotopic (exact) mass is 238 g/mol. The number of aromatic nitrogens is 2. The Bertz CT molecular complexity index is 466. The summed E-state index contributed by atoms with van der Waals surface area (Å²) in [7, 11) is 0. The van der Waals surface area contributed by atoms with Crippen molar-refractivity contribution in [2.45, 2.75) is 13.0 Å². The molecule has 0 atom stereocenters. The molecule has 3 N–H and O–H groups in total. The van der Waals surface area contributed by atoms with Crippen LogP contribution in [0.15, 0.2) is 22.2 Å². The molecule has 6 nitrogen and oxygen atoms in total. The van der Waals surface area contributed by atoms with Crippen LogP contribution in [0.5, 0.6) is 0 Å². The summed E-state index contributed by atoms with van der Waals surface area (Å²) in [6.45, 7) is 0.356. The Kier molecular flexibility index (Phi) is 3.16. The van der Waals surface area contributed by atoms with Crippen LogP contribution in [-0.2, 0) is 17.8 Å². The number of thiazole rings is 1. The predicted octanol–water partition coefficient (Wildman–Crippen LogP) is 0.572. The lowest BCUT2D eigenvalue weighted by Gasteiger charge is -2.00. The summed E-state index contributed by atoms with van der Waals surface area (Å²) >= 11 is 1.32. The zero-order chi connectivity index (χ0) is 11.4. The van der Waals surface area contributed by atoms with E-state index < -0.39 is 0 Å². The predicted molar refractivity (Wildman–Crippen MR) is 58.6 cm³/mol. The fourth-order valence-corrected chi connectivity index (χ4v) is 1.71. The van der Waals surface area contributed by atoms with Crippen LogP contribution >= 0.6 is 11.3 Å². The van der Waals surface area contributed by atoms with E-state index in [-0.39, 0.29) is 12.3 Å². The second-order valence-corrected chi connectivity index (χ2v) is 4.01. The number of rotatable bonds is 4. The third-order valence-corrected chi connectivity index (χ3v) is 2.59. The third kappa shape index (κ3) is 2.80. The van der Waals surface area contributed by atoms with Crippen molar-refractivity contribution >= 4 is 22.4 Å². The van der Waals surface area contributed by atoms with Crippen LogP contribution in [0.4, 0.5) is 5.13 Å². The number of nitrogen functional groups attached to an aromatic ring is 1. The van der Waals surface area contributed by atoms with Gasteiger partial charge in [-0.1, -0.05) is 5.16 Å². The quantitative estimate of drug-likeness (QED) is 0.812. The molecule has 1 amide bonds. The maximum Gasteiger partial charge on any atom is 0.226 e. The summed E-state index contributed by atoms with van der Waals surface area (Å²) in [4.78, 5) is 15.5. The van der Waals surface area contributed by atoms with E-state index in [1.54, 1.807) is 11.4 Å². The molecule has 0 radical (unpaired) electrons. The average molecular weight is 238 g/mol. The molecule has 0 unspecified atom stereocenters. The molecule has 0 aliphatic rings. The highest BCUT2D eigenvalue weighted by atomic mass is 32.1. The van der Waals surface area contributed by atoms with Crippen molar-refractivity contribution < 1.29 is 9.32 Å². The van der Waals surface area contributed by atoms with Crippen LogP contribution < -0.4 is 11.1 Å². The van der Waals surface area contributed by atoms with Crippen molar-refractivity contribution in [3.63, 3.8) is 0 Å². The molecule has 84 valence electrons. The topological polar surface area (TPSA) is 94.0 Å². The van der Waals surface area contributed by atoms with Crippen LogP contribution in [0.1, 0.15) is 11.4 Å². The number of amides is 1. The van der Waals surface area contributed by atoms with E-state index >= 15 is 0 Å². The lowest BCUT2D eigenvalue weighted by molar-refractivity contribution is -0.120. The van der Waals surface area contributed by atoms with Crippen LogP contribution in [0.2, 0.25) is 0 Å². The van der Waals surface area contributed by atoms with E-state index in [9.17, 15) is 4.79 Å². The van der Waals surface area contributed by atoms with E-state index in [4.69, 9.17) is 5.73 Å². The molecule has 2 aromatic rings. The van der Waals surface area contributed by atoms with Crippen LogP contribution in [0.25, 0.3) is 0 Å². The lowest BCUT2D eigenvalue weighted by atomic mass is 10.3. The molecular formula is C9H10N4O2S. The molecule has 0 saturated heterocycles. The molecular weight excluding hydrogens is 228 g/mol. The molecule has 0 saturated carbocycles. The van der Waals surface area contributed by atoms with Crippen LogP contribution in [-0.4, -0.2) is 16.0 Å². The van der Waals surface area contributed by atoms with Gasteiger partial charge in [-0.25, -0.2) is 4.98 Å². The Hall–Kier alpha value is -1.89. The van der Waals surface area contributed by atoms with Crippen molar-refractivity contribution in [2.24, 2.45) is 0 Å². The molecule has 2 aromatic heterocycles. The van der Waals surface area contributed by atoms with Gasteiger partial charge in [0.25, 0.3) is 0 Å². The fraction of sp³-hybridized carbons (Fsp3) is 0.222. The molecule has 0 bridgehead atoms. The molecule has 0 spiro atoms. The maximum atomic E-state index is 11.5. The molecule has 2 rings (SSSR count). The third-order valence-electron chi connectivity index (χ3n) is 1.87. The highest BCUT2D eigenvalue weighted by molar-refractivity contribution is 7.13.